The van der Waals surface area contributed by atoms with E-state index in [1.54, 1.807) is 49.5 Å². The summed E-state index contributed by atoms with van der Waals surface area (Å²) in [6.45, 7) is -0.138. The van der Waals surface area contributed by atoms with Crippen molar-refractivity contribution in [3.63, 3.8) is 0 Å². The second kappa shape index (κ2) is 6.70. The van der Waals surface area contributed by atoms with E-state index < -0.39 is 0 Å². The van der Waals surface area contributed by atoms with Gasteiger partial charge in [0.05, 0.1) is 5.02 Å². The van der Waals surface area contributed by atoms with E-state index in [4.69, 9.17) is 33.7 Å². The summed E-state index contributed by atoms with van der Waals surface area (Å²) in [7, 11) is 1.66. The summed E-state index contributed by atoms with van der Waals surface area (Å²) in [5.74, 6) is 0.166. The van der Waals surface area contributed by atoms with Crippen LogP contribution >= 0.6 is 23.2 Å². The van der Waals surface area contributed by atoms with Crippen LogP contribution in [0.1, 0.15) is 0 Å². The van der Waals surface area contributed by atoms with Crippen molar-refractivity contribution in [1.82, 2.24) is 0 Å². The minimum absolute atomic E-state index is 0.138. The third-order valence-electron chi connectivity index (χ3n) is 2.92. The summed E-state index contributed by atoms with van der Waals surface area (Å²) >= 11 is 11.9. The topological polar surface area (TPSA) is 55.6 Å². The summed E-state index contributed by atoms with van der Waals surface area (Å²) in [5, 5.41) is 0.676. The molecule has 0 aromatic heterocycles. The summed E-state index contributed by atoms with van der Waals surface area (Å²) in [4.78, 5) is 13.6. The Morgan fingerprint density at radius 1 is 1.19 bits per heavy atom. The van der Waals surface area contributed by atoms with Crippen molar-refractivity contribution in [3.8, 4) is 5.75 Å². The number of carbonyl (C=O) groups excluding carboxylic acids is 1. The average molecular weight is 325 g/mol. The van der Waals surface area contributed by atoms with Gasteiger partial charge in [-0.2, -0.15) is 0 Å². The molecule has 110 valence electrons. The molecular weight excluding hydrogens is 311 g/mol. The summed E-state index contributed by atoms with van der Waals surface area (Å²) in [5.41, 5.74) is 6.98. The zero-order valence-corrected chi connectivity index (χ0v) is 12.9. The highest BCUT2D eigenvalue weighted by molar-refractivity contribution is 6.42. The second-order valence-electron chi connectivity index (χ2n) is 4.38. The molecule has 0 saturated heterocycles. The van der Waals surface area contributed by atoms with Crippen LogP contribution in [0, 0.1) is 0 Å². The van der Waals surface area contributed by atoms with Gasteiger partial charge in [0.1, 0.15) is 10.8 Å². The Balaban J connectivity index is 2.01. The van der Waals surface area contributed by atoms with Crippen LogP contribution in [0.4, 0.5) is 11.4 Å². The summed E-state index contributed by atoms with van der Waals surface area (Å²) in [6.07, 6.45) is 0. The number of carbonyl (C=O) groups is 1. The third kappa shape index (κ3) is 3.80. The maximum absolute atomic E-state index is 12.1. The fraction of sp³-hybridized carbons (Fsp3) is 0.133. The zero-order chi connectivity index (χ0) is 15.4. The van der Waals surface area contributed by atoms with Crippen molar-refractivity contribution in [2.24, 2.45) is 0 Å². The first-order valence-electron chi connectivity index (χ1n) is 6.18. The molecule has 0 heterocycles. The summed E-state index contributed by atoms with van der Waals surface area (Å²) in [6, 6.07) is 12.0. The molecule has 0 saturated carbocycles. The fourth-order valence-electron chi connectivity index (χ4n) is 1.67. The number of benzene rings is 2. The molecule has 0 aliphatic heterocycles. The van der Waals surface area contributed by atoms with Crippen LogP contribution in [0.2, 0.25) is 10.0 Å². The van der Waals surface area contributed by atoms with Crippen molar-refractivity contribution in [1.29, 1.82) is 0 Å². The molecule has 0 fully saturated rings. The maximum atomic E-state index is 12.1. The minimum Gasteiger partial charge on any atom is -0.482 e. The second-order valence-corrected chi connectivity index (χ2v) is 5.17. The molecule has 2 rings (SSSR count). The Morgan fingerprint density at radius 3 is 2.52 bits per heavy atom. The largest absolute Gasteiger partial charge is 0.482 e. The van der Waals surface area contributed by atoms with E-state index in [1.807, 2.05) is 0 Å². The molecule has 0 atom stereocenters. The highest BCUT2D eigenvalue weighted by Gasteiger charge is 2.13. The van der Waals surface area contributed by atoms with Crippen molar-refractivity contribution in [2.45, 2.75) is 0 Å². The Morgan fingerprint density at radius 2 is 1.86 bits per heavy atom. The molecule has 0 aliphatic carbocycles. The van der Waals surface area contributed by atoms with Crippen molar-refractivity contribution >= 4 is 40.5 Å². The molecule has 2 N–H and O–H groups in total. The van der Waals surface area contributed by atoms with Crippen LogP contribution in [-0.4, -0.2) is 19.6 Å². The SMILES string of the molecule is CN(C(=O)COc1cccc(Cl)c1Cl)c1ccc(N)cc1. The number of nitrogens with two attached hydrogens (primary N) is 1. The molecule has 0 spiro atoms. The molecule has 4 nitrogen and oxygen atoms in total. The monoisotopic (exact) mass is 324 g/mol. The Labute approximate surface area is 133 Å². The van der Waals surface area contributed by atoms with Crippen LogP contribution in [0.15, 0.2) is 42.5 Å². The van der Waals surface area contributed by atoms with E-state index in [9.17, 15) is 4.79 Å². The van der Waals surface area contributed by atoms with E-state index in [-0.39, 0.29) is 12.5 Å². The van der Waals surface area contributed by atoms with Crippen molar-refractivity contribution in [3.05, 3.63) is 52.5 Å². The lowest BCUT2D eigenvalue weighted by Gasteiger charge is -2.18. The van der Waals surface area contributed by atoms with Crippen LogP contribution < -0.4 is 15.4 Å². The number of halogens is 2. The molecule has 0 unspecified atom stereocenters. The Kier molecular flexibility index (Phi) is 4.94. The highest BCUT2D eigenvalue weighted by atomic mass is 35.5. The predicted octanol–water partition coefficient (Wildman–Crippen LogP) is 3.62. The van der Waals surface area contributed by atoms with Gasteiger partial charge in [0.2, 0.25) is 0 Å². The molecule has 6 heteroatoms. The number of nitrogen functional groups attached to an aromatic ring is 1. The molecule has 1 amide bonds. The first-order valence-corrected chi connectivity index (χ1v) is 6.93. The molecule has 0 bridgehead atoms. The average Bonchev–Trinajstić information content (AvgIpc) is 2.48. The third-order valence-corrected chi connectivity index (χ3v) is 3.72. The molecular formula is C15H14Cl2N2O2. The normalized spacial score (nSPS) is 10.2. The number of amides is 1. The zero-order valence-electron chi connectivity index (χ0n) is 11.3. The van der Waals surface area contributed by atoms with Gasteiger partial charge < -0.3 is 15.4 Å². The number of anilines is 2. The van der Waals surface area contributed by atoms with Gasteiger partial charge in [-0.1, -0.05) is 29.3 Å². The first-order chi connectivity index (χ1) is 9.99. The van der Waals surface area contributed by atoms with E-state index >= 15 is 0 Å². The summed E-state index contributed by atoms with van der Waals surface area (Å²) < 4.78 is 5.41. The Hall–Kier alpha value is -1.91. The van der Waals surface area contributed by atoms with E-state index in [0.29, 0.717) is 21.5 Å². The van der Waals surface area contributed by atoms with Crippen LogP contribution in [-0.2, 0) is 4.79 Å². The number of ether oxygens (including phenoxy) is 1. The van der Waals surface area contributed by atoms with Gasteiger partial charge in [0.25, 0.3) is 5.91 Å². The van der Waals surface area contributed by atoms with Gasteiger partial charge in [0.15, 0.2) is 6.61 Å². The van der Waals surface area contributed by atoms with Gasteiger partial charge in [-0.05, 0) is 36.4 Å². The van der Waals surface area contributed by atoms with Crippen LogP contribution in [0.5, 0.6) is 5.75 Å². The van der Waals surface area contributed by atoms with Gasteiger partial charge in [0, 0.05) is 18.4 Å². The van der Waals surface area contributed by atoms with Gasteiger partial charge >= 0.3 is 0 Å². The van der Waals surface area contributed by atoms with Gasteiger partial charge in [-0.25, -0.2) is 0 Å². The first kappa shape index (κ1) is 15.5. The quantitative estimate of drug-likeness (QED) is 0.874. The lowest BCUT2D eigenvalue weighted by Crippen LogP contribution is -2.31. The fourth-order valence-corrected chi connectivity index (χ4v) is 2.02. The minimum atomic E-state index is -0.212. The molecule has 2 aromatic carbocycles. The standard InChI is InChI=1S/C15H14Cl2N2O2/c1-19(11-7-5-10(18)6-8-11)14(20)9-21-13-4-2-3-12(16)15(13)17/h2-8H,9,18H2,1H3. The number of nitrogens with zero attached hydrogens (tertiary/aromatic N) is 1. The lowest BCUT2D eigenvalue weighted by molar-refractivity contribution is -0.120. The predicted molar refractivity (Wildman–Crippen MR) is 86.2 cm³/mol. The van der Waals surface area contributed by atoms with Crippen molar-refractivity contribution in [2.75, 3.05) is 24.3 Å². The van der Waals surface area contributed by atoms with E-state index in [0.717, 1.165) is 5.69 Å². The van der Waals surface area contributed by atoms with Crippen LogP contribution in [0.3, 0.4) is 0 Å². The molecule has 0 aliphatic rings. The van der Waals surface area contributed by atoms with Crippen molar-refractivity contribution < 1.29 is 9.53 Å². The number of likely N-dealkylation sites (N-methyl/N-ethyl adjacent to an activating group) is 1. The van der Waals surface area contributed by atoms with E-state index in [2.05, 4.69) is 0 Å². The van der Waals surface area contributed by atoms with Crippen LogP contribution in [0.25, 0.3) is 0 Å². The van der Waals surface area contributed by atoms with E-state index in [1.165, 1.54) is 4.90 Å². The molecule has 21 heavy (non-hydrogen) atoms. The maximum Gasteiger partial charge on any atom is 0.264 e. The lowest BCUT2D eigenvalue weighted by atomic mass is 10.2. The molecule has 2 aromatic rings. The van der Waals surface area contributed by atoms with Gasteiger partial charge in [-0.15, -0.1) is 0 Å². The van der Waals surface area contributed by atoms with Gasteiger partial charge in [-0.3, -0.25) is 4.79 Å². The smallest absolute Gasteiger partial charge is 0.264 e. The Bertz CT molecular complexity index is 645. The molecule has 0 radical (unpaired) electrons. The highest BCUT2D eigenvalue weighted by Crippen LogP contribution is 2.31. The number of rotatable bonds is 4. The number of hydrogen-bond acceptors (Lipinski definition) is 3. The number of hydrogen-bond donors (Lipinski definition) is 1.